The number of para-hydroxylation sites is 2. The van der Waals surface area contributed by atoms with Gasteiger partial charge in [-0.25, -0.2) is 4.98 Å². The minimum absolute atomic E-state index is 0.111. The van der Waals surface area contributed by atoms with Crippen LogP contribution in [0, 0.1) is 6.92 Å². The van der Waals surface area contributed by atoms with Gasteiger partial charge in [0.2, 0.25) is 5.91 Å². The lowest BCUT2D eigenvalue weighted by Gasteiger charge is -2.08. The lowest BCUT2D eigenvalue weighted by Crippen LogP contribution is -2.15. The van der Waals surface area contributed by atoms with Crippen molar-refractivity contribution < 1.29 is 9.53 Å². The van der Waals surface area contributed by atoms with E-state index in [2.05, 4.69) is 29.4 Å². The Balaban J connectivity index is 1.68. The van der Waals surface area contributed by atoms with Crippen LogP contribution in [0.1, 0.15) is 11.3 Å². The number of thiazole rings is 1. The summed E-state index contributed by atoms with van der Waals surface area (Å²) in [6, 6.07) is 15.6. The van der Waals surface area contributed by atoms with E-state index in [9.17, 15) is 4.79 Å². The maximum Gasteiger partial charge on any atom is 0.230 e. The van der Waals surface area contributed by atoms with Gasteiger partial charge in [-0.1, -0.05) is 42.0 Å². The molecule has 24 heavy (non-hydrogen) atoms. The molecule has 3 aromatic rings. The number of benzene rings is 2. The number of aryl methyl sites for hydroxylation is 1. The first-order chi connectivity index (χ1) is 11.7. The first-order valence-corrected chi connectivity index (χ1v) is 8.48. The standard InChI is InChI=1S/C19H18N2O2S/c1-13-7-9-14(10-8-13)19-20-15(12-24-19)11-18(22)21-16-5-3-4-6-17(16)23-2/h3-10,12H,11H2,1-2H3,(H,21,22). The Bertz CT molecular complexity index is 841. The molecule has 1 N–H and O–H groups in total. The van der Waals surface area contributed by atoms with Gasteiger partial charge < -0.3 is 10.1 Å². The number of hydrogen-bond donors (Lipinski definition) is 1. The first kappa shape index (κ1) is 16.2. The zero-order valence-electron chi connectivity index (χ0n) is 13.6. The summed E-state index contributed by atoms with van der Waals surface area (Å²) in [5.41, 5.74) is 3.72. The summed E-state index contributed by atoms with van der Waals surface area (Å²) in [4.78, 5) is 16.8. The van der Waals surface area contributed by atoms with E-state index >= 15 is 0 Å². The van der Waals surface area contributed by atoms with Crippen molar-refractivity contribution in [2.24, 2.45) is 0 Å². The number of nitrogens with one attached hydrogen (secondary N) is 1. The Hall–Kier alpha value is -2.66. The molecule has 0 unspecified atom stereocenters. The molecule has 0 aliphatic heterocycles. The largest absolute Gasteiger partial charge is 0.495 e. The van der Waals surface area contributed by atoms with E-state index in [1.54, 1.807) is 18.4 Å². The minimum atomic E-state index is -0.111. The lowest BCUT2D eigenvalue weighted by atomic mass is 10.2. The molecular formula is C19H18N2O2S. The number of aromatic nitrogens is 1. The second-order valence-corrected chi connectivity index (χ2v) is 6.29. The number of ether oxygens (including phenoxy) is 1. The molecule has 0 bridgehead atoms. The van der Waals surface area contributed by atoms with Crippen LogP contribution in [0.2, 0.25) is 0 Å². The van der Waals surface area contributed by atoms with Crippen molar-refractivity contribution in [2.75, 3.05) is 12.4 Å². The van der Waals surface area contributed by atoms with Crippen molar-refractivity contribution in [3.05, 3.63) is 65.2 Å². The summed E-state index contributed by atoms with van der Waals surface area (Å²) in [6.07, 6.45) is 0.237. The second-order valence-electron chi connectivity index (χ2n) is 5.44. The second kappa shape index (κ2) is 7.27. The molecule has 4 nitrogen and oxygen atoms in total. The molecule has 5 heteroatoms. The van der Waals surface area contributed by atoms with Crippen LogP contribution in [0.5, 0.6) is 5.75 Å². The van der Waals surface area contributed by atoms with Crippen LogP contribution in [0.25, 0.3) is 10.6 Å². The van der Waals surface area contributed by atoms with Crippen molar-refractivity contribution >= 4 is 22.9 Å². The molecule has 0 fully saturated rings. The van der Waals surface area contributed by atoms with E-state index in [-0.39, 0.29) is 12.3 Å². The molecule has 0 radical (unpaired) electrons. The van der Waals surface area contributed by atoms with Gasteiger partial charge in [0.25, 0.3) is 0 Å². The molecule has 0 saturated carbocycles. The highest BCUT2D eigenvalue weighted by atomic mass is 32.1. The smallest absolute Gasteiger partial charge is 0.230 e. The fourth-order valence-corrected chi connectivity index (χ4v) is 3.15. The highest BCUT2D eigenvalue weighted by Gasteiger charge is 2.11. The number of rotatable bonds is 5. The van der Waals surface area contributed by atoms with Gasteiger partial charge >= 0.3 is 0 Å². The highest BCUT2D eigenvalue weighted by Crippen LogP contribution is 2.25. The van der Waals surface area contributed by atoms with Crippen molar-refractivity contribution in [1.29, 1.82) is 0 Å². The van der Waals surface area contributed by atoms with Gasteiger partial charge in [-0.2, -0.15) is 0 Å². The Morgan fingerprint density at radius 2 is 1.92 bits per heavy atom. The van der Waals surface area contributed by atoms with Crippen molar-refractivity contribution in [2.45, 2.75) is 13.3 Å². The number of hydrogen-bond acceptors (Lipinski definition) is 4. The zero-order chi connectivity index (χ0) is 16.9. The van der Waals surface area contributed by atoms with Crippen LogP contribution in [0.15, 0.2) is 53.9 Å². The maximum absolute atomic E-state index is 12.2. The van der Waals surface area contributed by atoms with Gasteiger partial charge in [-0.05, 0) is 19.1 Å². The lowest BCUT2D eigenvalue weighted by molar-refractivity contribution is -0.115. The molecule has 0 aliphatic carbocycles. The van der Waals surface area contributed by atoms with Crippen molar-refractivity contribution in [1.82, 2.24) is 4.98 Å². The number of carbonyl (C=O) groups excluding carboxylic acids is 1. The van der Waals surface area contributed by atoms with Gasteiger partial charge in [0.15, 0.2) is 0 Å². The fourth-order valence-electron chi connectivity index (χ4n) is 2.32. The Kier molecular flexibility index (Phi) is 4.91. The molecule has 2 aromatic carbocycles. The monoisotopic (exact) mass is 338 g/mol. The fraction of sp³-hybridized carbons (Fsp3) is 0.158. The van der Waals surface area contributed by atoms with E-state index < -0.39 is 0 Å². The number of anilines is 1. The van der Waals surface area contributed by atoms with Gasteiger partial charge in [-0.15, -0.1) is 11.3 Å². The van der Waals surface area contributed by atoms with Gasteiger partial charge in [0.05, 0.1) is 24.9 Å². The Morgan fingerprint density at radius 1 is 1.17 bits per heavy atom. The molecular weight excluding hydrogens is 320 g/mol. The summed E-state index contributed by atoms with van der Waals surface area (Å²) in [5.74, 6) is 0.532. The third-order valence-corrected chi connectivity index (χ3v) is 4.51. The molecule has 0 atom stereocenters. The Morgan fingerprint density at radius 3 is 2.67 bits per heavy atom. The normalized spacial score (nSPS) is 10.4. The number of amides is 1. The highest BCUT2D eigenvalue weighted by molar-refractivity contribution is 7.13. The quantitative estimate of drug-likeness (QED) is 0.754. The van der Waals surface area contributed by atoms with Crippen LogP contribution in [-0.2, 0) is 11.2 Å². The molecule has 3 rings (SSSR count). The zero-order valence-corrected chi connectivity index (χ0v) is 14.4. The Labute approximate surface area is 145 Å². The van der Waals surface area contributed by atoms with Gasteiger partial charge in [-0.3, -0.25) is 4.79 Å². The summed E-state index contributed by atoms with van der Waals surface area (Å²) in [7, 11) is 1.58. The molecule has 0 saturated heterocycles. The van der Waals surface area contributed by atoms with Crippen LogP contribution < -0.4 is 10.1 Å². The molecule has 0 aliphatic rings. The average Bonchev–Trinajstić information content (AvgIpc) is 3.04. The van der Waals surface area contributed by atoms with E-state index in [4.69, 9.17) is 4.74 Å². The SMILES string of the molecule is COc1ccccc1NC(=O)Cc1csc(-c2ccc(C)cc2)n1. The predicted octanol–water partition coefficient (Wildman–Crippen LogP) is 4.31. The van der Waals surface area contributed by atoms with E-state index in [1.807, 2.05) is 41.8 Å². The number of nitrogens with zero attached hydrogens (tertiary/aromatic N) is 1. The van der Waals surface area contributed by atoms with Crippen LogP contribution >= 0.6 is 11.3 Å². The summed E-state index contributed by atoms with van der Waals surface area (Å²) < 4.78 is 5.24. The van der Waals surface area contributed by atoms with Crippen molar-refractivity contribution in [3.8, 4) is 16.3 Å². The van der Waals surface area contributed by atoms with Crippen LogP contribution in [-0.4, -0.2) is 18.0 Å². The molecule has 1 heterocycles. The molecule has 1 amide bonds. The van der Waals surface area contributed by atoms with Gasteiger partial charge in [0.1, 0.15) is 10.8 Å². The minimum Gasteiger partial charge on any atom is -0.495 e. The van der Waals surface area contributed by atoms with E-state index in [0.29, 0.717) is 11.4 Å². The van der Waals surface area contributed by atoms with Gasteiger partial charge in [0, 0.05) is 10.9 Å². The van der Waals surface area contributed by atoms with E-state index in [0.717, 1.165) is 16.3 Å². The third kappa shape index (κ3) is 3.81. The summed E-state index contributed by atoms with van der Waals surface area (Å²) >= 11 is 1.55. The molecule has 1 aromatic heterocycles. The van der Waals surface area contributed by atoms with Crippen molar-refractivity contribution in [3.63, 3.8) is 0 Å². The maximum atomic E-state index is 12.2. The number of methoxy groups -OCH3 is 1. The number of carbonyl (C=O) groups is 1. The van der Waals surface area contributed by atoms with Crippen LogP contribution in [0.4, 0.5) is 5.69 Å². The predicted molar refractivity (Wildman–Crippen MR) is 97.6 cm³/mol. The molecule has 0 spiro atoms. The average molecular weight is 338 g/mol. The third-order valence-electron chi connectivity index (χ3n) is 3.57. The first-order valence-electron chi connectivity index (χ1n) is 7.60. The van der Waals surface area contributed by atoms with E-state index in [1.165, 1.54) is 5.56 Å². The summed E-state index contributed by atoms with van der Waals surface area (Å²) in [5, 5.41) is 5.72. The summed E-state index contributed by atoms with van der Waals surface area (Å²) in [6.45, 7) is 2.05. The topological polar surface area (TPSA) is 51.2 Å². The molecule has 122 valence electrons. The van der Waals surface area contributed by atoms with Crippen LogP contribution in [0.3, 0.4) is 0 Å².